The molecule has 0 spiro atoms. The van der Waals surface area contributed by atoms with E-state index in [-0.39, 0.29) is 0 Å². The van der Waals surface area contributed by atoms with Crippen molar-refractivity contribution in [2.45, 2.75) is 13.5 Å². The fourth-order valence-corrected chi connectivity index (χ4v) is 2.84. The lowest BCUT2D eigenvalue weighted by Crippen LogP contribution is -2.28. The molecule has 0 amide bonds. The van der Waals surface area contributed by atoms with Crippen LogP contribution in [0.3, 0.4) is 0 Å². The van der Waals surface area contributed by atoms with Crippen LogP contribution < -0.4 is 16.4 Å². The van der Waals surface area contributed by atoms with Crippen LogP contribution in [0.2, 0.25) is 0 Å². The maximum absolute atomic E-state index is 11.3. The highest BCUT2D eigenvalue weighted by Crippen LogP contribution is 2.19. The third-order valence-electron chi connectivity index (χ3n) is 3.14. The Morgan fingerprint density at radius 1 is 1.10 bits per heavy atom. The van der Waals surface area contributed by atoms with Crippen molar-refractivity contribution in [1.29, 1.82) is 0 Å². The van der Waals surface area contributed by atoms with Gasteiger partial charge in [-0.25, -0.2) is 0 Å². The predicted molar refractivity (Wildman–Crippen MR) is 81.6 cm³/mol. The van der Waals surface area contributed by atoms with Gasteiger partial charge >= 0.3 is 11.1 Å². The Morgan fingerprint density at radius 2 is 1.85 bits per heavy atom. The molecule has 3 N–H and O–H groups in total. The van der Waals surface area contributed by atoms with Gasteiger partial charge in [0.1, 0.15) is 0 Å². The molecule has 0 aliphatic carbocycles. The number of aromatic nitrogens is 2. The van der Waals surface area contributed by atoms with Gasteiger partial charge in [-0.3, -0.25) is 9.59 Å². The molecule has 20 heavy (non-hydrogen) atoms. The van der Waals surface area contributed by atoms with E-state index in [9.17, 15) is 9.59 Å². The Balaban J connectivity index is 1.89. The van der Waals surface area contributed by atoms with E-state index in [2.05, 4.69) is 33.7 Å². The van der Waals surface area contributed by atoms with Gasteiger partial charge in [-0.1, -0.05) is 0 Å². The maximum Gasteiger partial charge on any atom is 0.314 e. The highest BCUT2D eigenvalue weighted by atomic mass is 32.1. The first-order chi connectivity index (χ1) is 9.63. The first-order valence-electron chi connectivity index (χ1n) is 6.17. The number of H-pyrrole nitrogens is 2. The zero-order valence-corrected chi connectivity index (χ0v) is 11.6. The Bertz CT molecular complexity index is 876. The number of aromatic amines is 2. The van der Waals surface area contributed by atoms with Crippen molar-refractivity contribution in [3.05, 3.63) is 60.8 Å². The van der Waals surface area contributed by atoms with Crippen molar-refractivity contribution < 1.29 is 0 Å². The van der Waals surface area contributed by atoms with Gasteiger partial charge in [-0.15, -0.1) is 11.3 Å². The third-order valence-corrected chi connectivity index (χ3v) is 4.17. The monoisotopic (exact) mass is 287 g/mol. The number of aryl methyl sites for hydroxylation is 1. The number of hydrogen-bond acceptors (Lipinski definition) is 4. The minimum atomic E-state index is -0.635. The van der Waals surface area contributed by atoms with E-state index in [0.717, 1.165) is 12.2 Å². The minimum absolute atomic E-state index is 0.613. The van der Waals surface area contributed by atoms with Gasteiger partial charge < -0.3 is 15.3 Å². The number of nitrogens with one attached hydrogen (secondary N) is 3. The van der Waals surface area contributed by atoms with Gasteiger partial charge in [-0.2, -0.15) is 0 Å². The van der Waals surface area contributed by atoms with E-state index in [1.807, 2.05) is 12.1 Å². The summed E-state index contributed by atoms with van der Waals surface area (Å²) in [6.45, 7) is 2.82. The van der Waals surface area contributed by atoms with Crippen LogP contribution in [0.25, 0.3) is 11.0 Å². The number of fused-ring (bicyclic) bond motifs is 1. The molecule has 0 bridgehead atoms. The standard InChI is InChI=1S/C14H13N3O2S/c1-8-4-5-20-12(8)7-15-9-2-3-10-11(6-9)17-14(19)13(18)16-10/h2-6,15H,7H2,1H3,(H,16,18)(H,17,19). The Hall–Kier alpha value is -2.34. The van der Waals surface area contributed by atoms with Gasteiger partial charge in [0.05, 0.1) is 11.0 Å². The predicted octanol–water partition coefficient (Wildman–Crippen LogP) is 2.20. The number of anilines is 1. The van der Waals surface area contributed by atoms with Crippen molar-refractivity contribution in [3.63, 3.8) is 0 Å². The van der Waals surface area contributed by atoms with Gasteiger partial charge in [0.15, 0.2) is 0 Å². The zero-order valence-electron chi connectivity index (χ0n) is 10.8. The molecule has 0 atom stereocenters. The molecule has 0 saturated heterocycles. The molecule has 2 aromatic heterocycles. The van der Waals surface area contributed by atoms with Crippen molar-refractivity contribution >= 4 is 28.1 Å². The molecule has 0 saturated carbocycles. The molecule has 102 valence electrons. The van der Waals surface area contributed by atoms with Crippen LogP contribution >= 0.6 is 11.3 Å². The van der Waals surface area contributed by atoms with Crippen LogP contribution in [-0.4, -0.2) is 9.97 Å². The normalized spacial score (nSPS) is 10.8. The molecule has 6 heteroatoms. The summed E-state index contributed by atoms with van der Waals surface area (Å²) in [5, 5.41) is 5.37. The molecule has 3 aromatic rings. The SMILES string of the molecule is Cc1ccsc1CNc1ccc2[nH]c(=O)c(=O)[nH]c2c1. The summed E-state index contributed by atoms with van der Waals surface area (Å²) in [6.07, 6.45) is 0. The second kappa shape index (κ2) is 4.97. The van der Waals surface area contributed by atoms with Gasteiger partial charge in [0, 0.05) is 17.1 Å². The van der Waals surface area contributed by atoms with Crippen LogP contribution in [0.5, 0.6) is 0 Å². The van der Waals surface area contributed by atoms with E-state index in [1.165, 1.54) is 10.4 Å². The van der Waals surface area contributed by atoms with Crippen LogP contribution in [0.15, 0.2) is 39.2 Å². The second-order valence-corrected chi connectivity index (χ2v) is 5.55. The third kappa shape index (κ3) is 2.37. The summed E-state index contributed by atoms with van der Waals surface area (Å²) < 4.78 is 0. The summed E-state index contributed by atoms with van der Waals surface area (Å²) >= 11 is 1.71. The summed E-state index contributed by atoms with van der Waals surface area (Å²) in [4.78, 5) is 28.9. The summed E-state index contributed by atoms with van der Waals surface area (Å²) in [5.74, 6) is 0. The van der Waals surface area contributed by atoms with Crippen molar-refractivity contribution in [1.82, 2.24) is 9.97 Å². The first-order valence-corrected chi connectivity index (χ1v) is 7.04. The molecule has 5 nitrogen and oxygen atoms in total. The molecule has 0 unspecified atom stereocenters. The molecule has 0 aliphatic heterocycles. The summed E-state index contributed by atoms with van der Waals surface area (Å²) in [5.41, 5.74) is 2.13. The largest absolute Gasteiger partial charge is 0.380 e. The summed E-state index contributed by atoms with van der Waals surface area (Å²) in [6, 6.07) is 7.55. The number of benzene rings is 1. The van der Waals surface area contributed by atoms with Crippen molar-refractivity contribution in [2.24, 2.45) is 0 Å². The molecule has 1 aromatic carbocycles. The first kappa shape index (κ1) is 12.7. The molecule has 2 heterocycles. The molecular weight excluding hydrogens is 274 g/mol. The zero-order chi connectivity index (χ0) is 14.1. The van der Waals surface area contributed by atoms with Crippen molar-refractivity contribution in [2.75, 3.05) is 5.32 Å². The second-order valence-electron chi connectivity index (χ2n) is 4.55. The molecule has 0 radical (unpaired) electrons. The van der Waals surface area contributed by atoms with E-state index in [0.29, 0.717) is 11.0 Å². The fraction of sp³-hybridized carbons (Fsp3) is 0.143. The lowest BCUT2D eigenvalue weighted by molar-refractivity contribution is 1.14. The molecule has 3 rings (SSSR count). The average molecular weight is 287 g/mol. The van der Waals surface area contributed by atoms with Crippen LogP contribution in [0, 0.1) is 6.92 Å². The van der Waals surface area contributed by atoms with E-state index in [4.69, 9.17) is 0 Å². The number of hydrogen-bond donors (Lipinski definition) is 3. The molecule has 0 aliphatic rings. The lowest BCUT2D eigenvalue weighted by atomic mass is 10.2. The maximum atomic E-state index is 11.3. The minimum Gasteiger partial charge on any atom is -0.380 e. The Morgan fingerprint density at radius 3 is 2.55 bits per heavy atom. The van der Waals surface area contributed by atoms with Gasteiger partial charge in [0.25, 0.3) is 0 Å². The molecule has 0 fully saturated rings. The van der Waals surface area contributed by atoms with Crippen molar-refractivity contribution in [3.8, 4) is 0 Å². The van der Waals surface area contributed by atoms with E-state index < -0.39 is 11.1 Å². The van der Waals surface area contributed by atoms with Gasteiger partial charge in [0.2, 0.25) is 0 Å². The Kier molecular flexibility index (Phi) is 3.15. The van der Waals surface area contributed by atoms with E-state index >= 15 is 0 Å². The fourth-order valence-electron chi connectivity index (χ4n) is 1.99. The van der Waals surface area contributed by atoms with Gasteiger partial charge in [-0.05, 0) is 42.1 Å². The highest BCUT2D eigenvalue weighted by Gasteiger charge is 2.02. The summed E-state index contributed by atoms with van der Waals surface area (Å²) in [7, 11) is 0. The van der Waals surface area contributed by atoms with Crippen LogP contribution in [-0.2, 0) is 6.54 Å². The van der Waals surface area contributed by atoms with Crippen LogP contribution in [0.4, 0.5) is 5.69 Å². The van der Waals surface area contributed by atoms with Crippen LogP contribution in [0.1, 0.15) is 10.4 Å². The Labute approximate surface area is 118 Å². The topological polar surface area (TPSA) is 77.8 Å². The molecular formula is C14H13N3O2S. The highest BCUT2D eigenvalue weighted by molar-refractivity contribution is 7.10. The lowest BCUT2D eigenvalue weighted by Gasteiger charge is -2.07. The number of rotatable bonds is 3. The number of thiophene rings is 1. The van der Waals surface area contributed by atoms with E-state index in [1.54, 1.807) is 17.4 Å². The average Bonchev–Trinajstić information content (AvgIpc) is 2.83. The quantitative estimate of drug-likeness (QED) is 0.646. The smallest absolute Gasteiger partial charge is 0.314 e.